The summed E-state index contributed by atoms with van der Waals surface area (Å²) in [6.07, 6.45) is 1.48. The van der Waals surface area contributed by atoms with Gasteiger partial charge in [0.2, 0.25) is 0 Å². The highest BCUT2D eigenvalue weighted by atomic mass is 79.9. The van der Waals surface area contributed by atoms with E-state index in [1.165, 1.54) is 6.08 Å². The molecule has 0 bridgehead atoms. The molecule has 0 aliphatic heterocycles. The van der Waals surface area contributed by atoms with Crippen LogP contribution in [0, 0.1) is 22.7 Å². The van der Waals surface area contributed by atoms with Gasteiger partial charge in [0.05, 0.1) is 20.6 Å². The van der Waals surface area contributed by atoms with Crippen molar-refractivity contribution in [3.05, 3.63) is 96.9 Å². The zero-order valence-corrected chi connectivity index (χ0v) is 20.3. The van der Waals surface area contributed by atoms with Crippen LogP contribution >= 0.6 is 43.5 Å². The molecule has 158 valence electrons. The maximum absolute atomic E-state index is 12.5. The SMILES string of the molecule is N#C/C(=C\c1cc(Br)c(OCc2ccccc2C#N)c(Br)c1)C(=O)Nc1cccc(Cl)c1. The number of amides is 1. The predicted octanol–water partition coefficient (Wildman–Crippen LogP) is 6.86. The fraction of sp³-hybridized carbons (Fsp3) is 0.0417. The smallest absolute Gasteiger partial charge is 0.266 e. The third-order valence-corrected chi connectivity index (χ3v) is 5.70. The standard InChI is InChI=1S/C24H14Br2ClN3O2/c25-21-9-15(8-18(13-29)24(31)30-20-7-3-6-19(27)11-20)10-22(26)23(21)32-14-17-5-2-1-4-16(17)12-28/h1-11H,14H2,(H,30,31)/b18-8+. The number of carbonyl (C=O) groups is 1. The summed E-state index contributed by atoms with van der Waals surface area (Å²) in [6, 6.07) is 21.4. The minimum absolute atomic E-state index is 0.0691. The fourth-order valence-electron chi connectivity index (χ4n) is 2.79. The summed E-state index contributed by atoms with van der Waals surface area (Å²) >= 11 is 12.9. The first-order chi connectivity index (χ1) is 15.4. The molecule has 0 aliphatic rings. The minimum Gasteiger partial charge on any atom is -0.486 e. The lowest BCUT2D eigenvalue weighted by Gasteiger charge is -2.12. The molecule has 0 aromatic heterocycles. The Kier molecular flexibility index (Phi) is 8.08. The maximum Gasteiger partial charge on any atom is 0.266 e. The Hall–Kier alpha value is -3.10. The van der Waals surface area contributed by atoms with Crippen LogP contribution in [0.4, 0.5) is 5.69 Å². The second-order valence-electron chi connectivity index (χ2n) is 6.51. The first-order valence-electron chi connectivity index (χ1n) is 9.20. The highest BCUT2D eigenvalue weighted by molar-refractivity contribution is 9.11. The molecule has 0 heterocycles. The molecule has 0 aliphatic carbocycles. The van der Waals surface area contributed by atoms with Crippen molar-refractivity contribution in [2.24, 2.45) is 0 Å². The van der Waals surface area contributed by atoms with Gasteiger partial charge in [-0.25, -0.2) is 0 Å². The predicted molar refractivity (Wildman–Crippen MR) is 131 cm³/mol. The zero-order valence-electron chi connectivity index (χ0n) is 16.4. The molecule has 0 unspecified atom stereocenters. The zero-order chi connectivity index (χ0) is 23.1. The van der Waals surface area contributed by atoms with Crippen LogP contribution in [0.5, 0.6) is 5.75 Å². The summed E-state index contributed by atoms with van der Waals surface area (Å²) in [5.41, 5.74) is 2.35. The van der Waals surface area contributed by atoms with E-state index in [9.17, 15) is 15.3 Å². The Morgan fingerprint density at radius 3 is 2.44 bits per heavy atom. The lowest BCUT2D eigenvalue weighted by Crippen LogP contribution is -2.13. The van der Waals surface area contributed by atoms with Crippen LogP contribution in [0.2, 0.25) is 5.02 Å². The third kappa shape index (κ3) is 5.99. The number of carbonyl (C=O) groups excluding carboxylic acids is 1. The summed E-state index contributed by atoms with van der Waals surface area (Å²) in [5.74, 6) is -0.00720. The number of benzene rings is 3. The summed E-state index contributed by atoms with van der Waals surface area (Å²) < 4.78 is 7.15. The topological polar surface area (TPSA) is 85.9 Å². The van der Waals surface area contributed by atoms with Gasteiger partial charge in [0.15, 0.2) is 0 Å². The molecule has 5 nitrogen and oxygen atoms in total. The molecule has 0 saturated carbocycles. The fourth-order valence-corrected chi connectivity index (χ4v) is 4.43. The van der Waals surface area contributed by atoms with E-state index < -0.39 is 5.91 Å². The quantitative estimate of drug-likeness (QED) is 0.259. The van der Waals surface area contributed by atoms with Crippen molar-refractivity contribution < 1.29 is 9.53 Å². The highest BCUT2D eigenvalue weighted by Crippen LogP contribution is 2.36. The number of nitrogens with one attached hydrogen (secondary N) is 1. The Morgan fingerprint density at radius 1 is 1.06 bits per heavy atom. The largest absolute Gasteiger partial charge is 0.486 e. The van der Waals surface area contributed by atoms with E-state index in [0.29, 0.717) is 36.5 Å². The van der Waals surface area contributed by atoms with Crippen LogP contribution in [0.15, 0.2) is 75.2 Å². The van der Waals surface area contributed by atoms with Gasteiger partial charge in [0.25, 0.3) is 5.91 Å². The highest BCUT2D eigenvalue weighted by Gasteiger charge is 2.13. The van der Waals surface area contributed by atoms with E-state index in [0.717, 1.165) is 5.56 Å². The molecule has 0 saturated heterocycles. The van der Waals surface area contributed by atoms with Crippen molar-refractivity contribution in [3.8, 4) is 17.9 Å². The van der Waals surface area contributed by atoms with Crippen molar-refractivity contribution in [1.82, 2.24) is 0 Å². The molecular formula is C24H14Br2ClN3O2. The normalized spacial score (nSPS) is 10.7. The van der Waals surface area contributed by atoms with Crippen LogP contribution in [0.25, 0.3) is 6.08 Å². The van der Waals surface area contributed by atoms with Gasteiger partial charge in [-0.05, 0) is 79.9 Å². The number of hydrogen-bond donors (Lipinski definition) is 1. The van der Waals surface area contributed by atoms with E-state index in [4.69, 9.17) is 16.3 Å². The number of anilines is 1. The minimum atomic E-state index is -0.546. The molecule has 8 heteroatoms. The van der Waals surface area contributed by atoms with Gasteiger partial charge in [-0.15, -0.1) is 0 Å². The Labute approximate surface area is 207 Å². The van der Waals surface area contributed by atoms with Crippen LogP contribution in [-0.2, 0) is 11.4 Å². The van der Waals surface area contributed by atoms with Gasteiger partial charge in [-0.2, -0.15) is 10.5 Å². The summed E-state index contributed by atoms with van der Waals surface area (Å²) in [6.45, 7) is 0.210. The van der Waals surface area contributed by atoms with Crippen molar-refractivity contribution >= 4 is 61.1 Å². The van der Waals surface area contributed by atoms with Gasteiger partial charge in [-0.3, -0.25) is 4.79 Å². The molecule has 0 atom stereocenters. The van der Waals surface area contributed by atoms with Crippen molar-refractivity contribution in [1.29, 1.82) is 10.5 Å². The van der Waals surface area contributed by atoms with Crippen LogP contribution in [-0.4, -0.2) is 5.91 Å². The van der Waals surface area contributed by atoms with Crippen molar-refractivity contribution in [3.63, 3.8) is 0 Å². The number of ether oxygens (including phenoxy) is 1. The molecule has 3 rings (SSSR count). The van der Waals surface area contributed by atoms with Crippen LogP contribution in [0.1, 0.15) is 16.7 Å². The summed E-state index contributed by atoms with van der Waals surface area (Å²) in [5, 5.41) is 21.8. The summed E-state index contributed by atoms with van der Waals surface area (Å²) in [4.78, 5) is 12.5. The Bertz CT molecular complexity index is 1270. The van der Waals surface area contributed by atoms with Crippen molar-refractivity contribution in [2.45, 2.75) is 6.61 Å². The third-order valence-electron chi connectivity index (χ3n) is 4.29. The van der Waals surface area contributed by atoms with Gasteiger partial charge < -0.3 is 10.1 Å². The number of nitriles is 2. The maximum atomic E-state index is 12.5. The van der Waals surface area contributed by atoms with E-state index >= 15 is 0 Å². The monoisotopic (exact) mass is 569 g/mol. The lowest BCUT2D eigenvalue weighted by atomic mass is 10.1. The van der Waals surface area contributed by atoms with Crippen LogP contribution < -0.4 is 10.1 Å². The van der Waals surface area contributed by atoms with Crippen molar-refractivity contribution in [2.75, 3.05) is 5.32 Å². The van der Waals surface area contributed by atoms with Crippen LogP contribution in [0.3, 0.4) is 0 Å². The number of rotatable bonds is 6. The first-order valence-corrected chi connectivity index (χ1v) is 11.2. The second kappa shape index (κ2) is 11.0. The molecule has 0 fully saturated rings. The number of halogens is 3. The average molecular weight is 572 g/mol. The first kappa shape index (κ1) is 23.6. The Balaban J connectivity index is 1.79. The van der Waals surface area contributed by atoms with E-state index in [1.807, 2.05) is 18.2 Å². The second-order valence-corrected chi connectivity index (χ2v) is 8.65. The average Bonchev–Trinajstić information content (AvgIpc) is 2.77. The van der Waals surface area contributed by atoms with Gasteiger partial charge in [0.1, 0.15) is 24.0 Å². The molecule has 0 radical (unpaired) electrons. The van der Waals surface area contributed by atoms with Gasteiger partial charge in [0, 0.05) is 16.3 Å². The lowest BCUT2D eigenvalue weighted by molar-refractivity contribution is -0.112. The van der Waals surface area contributed by atoms with E-state index in [2.05, 4.69) is 43.2 Å². The summed E-state index contributed by atoms with van der Waals surface area (Å²) in [7, 11) is 0. The molecule has 0 spiro atoms. The number of nitrogens with zero attached hydrogens (tertiary/aromatic N) is 2. The van der Waals surface area contributed by atoms with E-state index in [-0.39, 0.29) is 12.2 Å². The molecule has 1 amide bonds. The van der Waals surface area contributed by atoms with E-state index in [1.54, 1.807) is 48.5 Å². The molecule has 3 aromatic rings. The molecule has 32 heavy (non-hydrogen) atoms. The number of hydrogen-bond acceptors (Lipinski definition) is 4. The molecule has 3 aromatic carbocycles. The molecule has 1 N–H and O–H groups in total. The van der Waals surface area contributed by atoms with Gasteiger partial charge in [-0.1, -0.05) is 35.9 Å². The van der Waals surface area contributed by atoms with Gasteiger partial charge >= 0.3 is 0 Å². The molecular weight excluding hydrogens is 558 g/mol. The Morgan fingerprint density at radius 2 is 1.78 bits per heavy atom.